The van der Waals surface area contributed by atoms with Gasteiger partial charge in [-0.15, -0.1) is 0 Å². The zero-order valence-corrected chi connectivity index (χ0v) is 13.3. The number of nitrogens with two attached hydrogens (primary N) is 1. The predicted octanol–water partition coefficient (Wildman–Crippen LogP) is 4.41. The Balaban J connectivity index is 1.56. The SMILES string of the molecule is CCC1CCC(CN)(CC2CCC3(CCCC3)O2)CC1. The van der Waals surface area contributed by atoms with Crippen LogP contribution in [0.1, 0.15) is 84.0 Å². The van der Waals surface area contributed by atoms with Crippen LogP contribution in [0, 0.1) is 11.3 Å². The molecule has 3 rings (SSSR count). The first-order valence-electron chi connectivity index (χ1n) is 9.07. The summed E-state index contributed by atoms with van der Waals surface area (Å²) >= 11 is 0. The first kappa shape index (κ1) is 14.8. The van der Waals surface area contributed by atoms with E-state index in [-0.39, 0.29) is 0 Å². The molecule has 2 saturated carbocycles. The molecule has 0 radical (unpaired) electrons. The summed E-state index contributed by atoms with van der Waals surface area (Å²) in [6.07, 6.45) is 16.6. The topological polar surface area (TPSA) is 35.2 Å². The molecule has 3 aliphatic rings. The Labute approximate surface area is 124 Å². The van der Waals surface area contributed by atoms with Crippen LogP contribution in [0.2, 0.25) is 0 Å². The van der Waals surface area contributed by atoms with E-state index in [4.69, 9.17) is 10.5 Å². The Bertz CT molecular complexity index is 313. The molecule has 1 spiro atoms. The monoisotopic (exact) mass is 279 g/mol. The van der Waals surface area contributed by atoms with Gasteiger partial charge in [-0.1, -0.05) is 26.2 Å². The molecule has 20 heavy (non-hydrogen) atoms. The summed E-state index contributed by atoms with van der Waals surface area (Å²) in [7, 11) is 0. The molecule has 116 valence electrons. The van der Waals surface area contributed by atoms with Gasteiger partial charge in [0.15, 0.2) is 0 Å². The molecule has 1 atom stereocenters. The van der Waals surface area contributed by atoms with E-state index in [1.54, 1.807) is 0 Å². The third-order valence-electron chi connectivity index (χ3n) is 6.69. The molecule has 2 nitrogen and oxygen atoms in total. The summed E-state index contributed by atoms with van der Waals surface area (Å²) in [5.41, 5.74) is 6.89. The van der Waals surface area contributed by atoms with Crippen molar-refractivity contribution in [3.05, 3.63) is 0 Å². The zero-order valence-electron chi connectivity index (χ0n) is 13.3. The highest BCUT2D eigenvalue weighted by molar-refractivity contribution is 4.96. The van der Waals surface area contributed by atoms with Crippen LogP contribution >= 0.6 is 0 Å². The lowest BCUT2D eigenvalue weighted by Gasteiger charge is -2.41. The Morgan fingerprint density at radius 1 is 1.00 bits per heavy atom. The Kier molecular flexibility index (Phi) is 4.42. The van der Waals surface area contributed by atoms with Gasteiger partial charge in [0.1, 0.15) is 0 Å². The van der Waals surface area contributed by atoms with Gasteiger partial charge in [0.25, 0.3) is 0 Å². The second-order valence-corrected chi connectivity index (χ2v) is 7.93. The molecule has 2 aliphatic carbocycles. The Hall–Kier alpha value is -0.0800. The molecule has 0 aromatic rings. The largest absolute Gasteiger partial charge is 0.372 e. The number of ether oxygens (including phenoxy) is 1. The van der Waals surface area contributed by atoms with E-state index in [0.717, 1.165) is 12.5 Å². The maximum Gasteiger partial charge on any atom is 0.0687 e. The normalized spacial score (nSPS) is 40.5. The maximum atomic E-state index is 6.54. The molecule has 3 fully saturated rings. The van der Waals surface area contributed by atoms with E-state index in [9.17, 15) is 0 Å². The van der Waals surface area contributed by atoms with E-state index >= 15 is 0 Å². The van der Waals surface area contributed by atoms with Crippen molar-refractivity contribution in [2.75, 3.05) is 6.54 Å². The lowest BCUT2D eigenvalue weighted by molar-refractivity contribution is -0.0583. The highest BCUT2D eigenvalue weighted by Crippen LogP contribution is 2.49. The second kappa shape index (κ2) is 5.96. The summed E-state index contributed by atoms with van der Waals surface area (Å²) in [5, 5.41) is 0. The second-order valence-electron chi connectivity index (χ2n) is 7.93. The van der Waals surface area contributed by atoms with Gasteiger partial charge in [0.05, 0.1) is 11.7 Å². The number of hydrogen-bond donors (Lipinski definition) is 1. The minimum absolute atomic E-state index is 0.293. The summed E-state index contributed by atoms with van der Waals surface area (Å²) < 4.78 is 6.54. The molecular formula is C18H33NO. The van der Waals surface area contributed by atoms with Crippen LogP contribution in [-0.4, -0.2) is 18.2 Å². The molecule has 1 saturated heterocycles. The molecule has 2 heteroatoms. The average molecular weight is 279 g/mol. The minimum Gasteiger partial charge on any atom is -0.372 e. The van der Waals surface area contributed by atoms with Crippen LogP contribution in [-0.2, 0) is 4.74 Å². The van der Waals surface area contributed by atoms with Crippen molar-refractivity contribution in [1.29, 1.82) is 0 Å². The number of rotatable bonds is 4. The molecule has 1 aliphatic heterocycles. The van der Waals surface area contributed by atoms with E-state index in [1.807, 2.05) is 0 Å². The fourth-order valence-corrected chi connectivity index (χ4v) is 5.10. The van der Waals surface area contributed by atoms with Gasteiger partial charge in [0.2, 0.25) is 0 Å². The van der Waals surface area contributed by atoms with E-state index in [0.29, 0.717) is 17.1 Å². The fraction of sp³-hybridized carbons (Fsp3) is 1.00. The molecule has 0 bridgehead atoms. The van der Waals surface area contributed by atoms with Crippen LogP contribution in [0.3, 0.4) is 0 Å². The molecule has 1 heterocycles. The Morgan fingerprint density at radius 2 is 1.70 bits per heavy atom. The highest BCUT2D eigenvalue weighted by atomic mass is 16.5. The van der Waals surface area contributed by atoms with Crippen LogP contribution in [0.5, 0.6) is 0 Å². The average Bonchev–Trinajstić information content (AvgIpc) is 3.10. The van der Waals surface area contributed by atoms with Crippen molar-refractivity contribution in [3.8, 4) is 0 Å². The maximum absolute atomic E-state index is 6.54. The van der Waals surface area contributed by atoms with Gasteiger partial charge >= 0.3 is 0 Å². The van der Waals surface area contributed by atoms with E-state index in [2.05, 4.69) is 6.92 Å². The minimum atomic E-state index is 0.293. The highest BCUT2D eigenvalue weighted by Gasteiger charge is 2.45. The first-order chi connectivity index (χ1) is 9.69. The summed E-state index contributed by atoms with van der Waals surface area (Å²) in [4.78, 5) is 0. The van der Waals surface area contributed by atoms with Gasteiger partial charge < -0.3 is 10.5 Å². The zero-order chi connectivity index (χ0) is 14.1. The molecule has 0 aromatic heterocycles. The van der Waals surface area contributed by atoms with Gasteiger partial charge in [-0.05, 0) is 75.7 Å². The summed E-state index contributed by atoms with van der Waals surface area (Å²) in [5.74, 6) is 0.959. The molecule has 2 N–H and O–H groups in total. The summed E-state index contributed by atoms with van der Waals surface area (Å²) in [6.45, 7) is 3.21. The smallest absolute Gasteiger partial charge is 0.0687 e. The fourth-order valence-electron chi connectivity index (χ4n) is 5.10. The van der Waals surface area contributed by atoms with E-state index < -0.39 is 0 Å². The van der Waals surface area contributed by atoms with Crippen LogP contribution in [0.25, 0.3) is 0 Å². The van der Waals surface area contributed by atoms with Crippen molar-refractivity contribution in [1.82, 2.24) is 0 Å². The standard InChI is InChI=1S/C18H33NO/c1-2-15-5-10-17(14-19,11-6-15)13-16-7-12-18(20-16)8-3-4-9-18/h15-16H,2-14,19H2,1H3. The van der Waals surface area contributed by atoms with Gasteiger partial charge in [-0.3, -0.25) is 0 Å². The summed E-state index contributed by atoms with van der Waals surface area (Å²) in [6, 6.07) is 0. The van der Waals surface area contributed by atoms with Crippen LogP contribution < -0.4 is 5.73 Å². The molecule has 1 unspecified atom stereocenters. The lowest BCUT2D eigenvalue weighted by Crippen LogP contribution is -2.38. The lowest BCUT2D eigenvalue weighted by atomic mass is 9.67. The first-order valence-corrected chi connectivity index (χ1v) is 9.07. The van der Waals surface area contributed by atoms with Crippen LogP contribution in [0.15, 0.2) is 0 Å². The van der Waals surface area contributed by atoms with Gasteiger partial charge in [0, 0.05) is 0 Å². The molecular weight excluding hydrogens is 246 g/mol. The quantitative estimate of drug-likeness (QED) is 0.827. The third kappa shape index (κ3) is 2.92. The third-order valence-corrected chi connectivity index (χ3v) is 6.69. The Morgan fingerprint density at radius 3 is 2.30 bits per heavy atom. The molecule has 0 amide bonds. The molecule has 0 aromatic carbocycles. The van der Waals surface area contributed by atoms with Crippen molar-refractivity contribution in [3.63, 3.8) is 0 Å². The van der Waals surface area contributed by atoms with E-state index in [1.165, 1.54) is 77.0 Å². The van der Waals surface area contributed by atoms with Crippen molar-refractivity contribution >= 4 is 0 Å². The number of hydrogen-bond acceptors (Lipinski definition) is 2. The van der Waals surface area contributed by atoms with Crippen molar-refractivity contribution in [2.45, 2.75) is 95.7 Å². The van der Waals surface area contributed by atoms with Gasteiger partial charge in [-0.2, -0.15) is 0 Å². The van der Waals surface area contributed by atoms with Crippen LogP contribution in [0.4, 0.5) is 0 Å². The predicted molar refractivity (Wildman–Crippen MR) is 83.7 cm³/mol. The van der Waals surface area contributed by atoms with Crippen molar-refractivity contribution in [2.24, 2.45) is 17.1 Å². The van der Waals surface area contributed by atoms with Gasteiger partial charge in [-0.25, -0.2) is 0 Å². The van der Waals surface area contributed by atoms with Crippen molar-refractivity contribution < 1.29 is 4.74 Å².